The second kappa shape index (κ2) is 16.9. The maximum absolute atomic E-state index is 5.25. The summed E-state index contributed by atoms with van der Waals surface area (Å²) in [5.74, 6) is 1.06. The van der Waals surface area contributed by atoms with Crippen molar-refractivity contribution in [2.24, 2.45) is 0 Å². The van der Waals surface area contributed by atoms with Gasteiger partial charge in [0.2, 0.25) is 0 Å². The molecular weight excluding hydrogens is 727 g/mol. The predicted molar refractivity (Wildman–Crippen MR) is 256 cm³/mol. The lowest BCUT2D eigenvalue weighted by Gasteiger charge is -2.33. The number of benzene rings is 8. The van der Waals surface area contributed by atoms with Crippen LogP contribution in [0.2, 0.25) is 0 Å². The fourth-order valence-electron chi connectivity index (χ4n) is 8.41. The molecule has 8 aromatic carbocycles. The van der Waals surface area contributed by atoms with E-state index in [9.17, 15) is 0 Å². The SMILES string of the molecule is C=C/C(=C\C(C)N(c1ccc(-c2ccc(-c3nc(-c4cccc5ccccc45)cc(-c4cccc5ccccc45)n3)cc2)cc1)c1ccccc1C(C)C)c1ccccc1. The first-order valence-electron chi connectivity index (χ1n) is 20.8. The van der Waals surface area contributed by atoms with Crippen LogP contribution in [0.4, 0.5) is 11.4 Å². The number of para-hydroxylation sites is 1. The van der Waals surface area contributed by atoms with E-state index >= 15 is 0 Å². The highest BCUT2D eigenvalue weighted by atomic mass is 15.2. The Kier molecular flexibility index (Phi) is 10.7. The van der Waals surface area contributed by atoms with Crippen LogP contribution in [-0.2, 0) is 0 Å². The summed E-state index contributed by atoms with van der Waals surface area (Å²) in [6.45, 7) is 11.0. The lowest BCUT2D eigenvalue weighted by molar-refractivity contribution is 0.821. The summed E-state index contributed by atoms with van der Waals surface area (Å²) < 4.78 is 0. The average molecular weight is 774 g/mol. The van der Waals surface area contributed by atoms with Crippen LogP contribution in [-0.4, -0.2) is 16.0 Å². The lowest BCUT2D eigenvalue weighted by atomic mass is 9.97. The summed E-state index contributed by atoms with van der Waals surface area (Å²) in [5, 5.41) is 4.70. The minimum absolute atomic E-state index is 0.0478. The van der Waals surface area contributed by atoms with Crippen molar-refractivity contribution < 1.29 is 0 Å². The molecule has 3 heteroatoms. The summed E-state index contributed by atoms with van der Waals surface area (Å²) in [5.41, 5.74) is 13.1. The Morgan fingerprint density at radius 2 is 1.02 bits per heavy atom. The van der Waals surface area contributed by atoms with Gasteiger partial charge in [-0.1, -0.05) is 202 Å². The molecule has 1 unspecified atom stereocenters. The van der Waals surface area contributed by atoms with Crippen molar-refractivity contribution >= 4 is 38.5 Å². The van der Waals surface area contributed by atoms with Gasteiger partial charge in [-0.15, -0.1) is 0 Å². The number of hydrogen-bond donors (Lipinski definition) is 0. The number of hydrogen-bond acceptors (Lipinski definition) is 3. The Labute approximate surface area is 353 Å². The highest BCUT2D eigenvalue weighted by Crippen LogP contribution is 2.38. The molecule has 0 aliphatic carbocycles. The molecule has 1 heterocycles. The van der Waals surface area contributed by atoms with Crippen LogP contribution in [0, 0.1) is 0 Å². The zero-order valence-corrected chi connectivity index (χ0v) is 34.3. The number of nitrogens with zero attached hydrogens (tertiary/aromatic N) is 3. The molecule has 0 amide bonds. The Hall–Kier alpha value is -7.36. The molecule has 9 rings (SSSR count). The molecule has 0 spiro atoms. The molecule has 1 aromatic heterocycles. The van der Waals surface area contributed by atoms with Crippen LogP contribution in [0.15, 0.2) is 213 Å². The fraction of sp³-hybridized carbons (Fsp3) is 0.0877. The van der Waals surface area contributed by atoms with E-state index in [4.69, 9.17) is 9.97 Å². The number of rotatable bonds is 11. The van der Waals surface area contributed by atoms with Crippen molar-refractivity contribution in [1.82, 2.24) is 9.97 Å². The van der Waals surface area contributed by atoms with Crippen LogP contribution in [0.1, 0.15) is 37.8 Å². The van der Waals surface area contributed by atoms with Gasteiger partial charge in [0.15, 0.2) is 5.82 Å². The molecule has 0 aliphatic rings. The van der Waals surface area contributed by atoms with Gasteiger partial charge in [0.25, 0.3) is 0 Å². The molecule has 60 heavy (non-hydrogen) atoms. The molecule has 3 nitrogen and oxygen atoms in total. The van der Waals surface area contributed by atoms with Gasteiger partial charge in [-0.05, 0) is 86.5 Å². The zero-order valence-electron chi connectivity index (χ0n) is 34.3. The van der Waals surface area contributed by atoms with Crippen molar-refractivity contribution in [3.63, 3.8) is 0 Å². The summed E-state index contributed by atoms with van der Waals surface area (Å²) in [6.07, 6.45) is 4.27. The number of fused-ring (bicyclic) bond motifs is 2. The molecule has 0 radical (unpaired) electrons. The van der Waals surface area contributed by atoms with Crippen molar-refractivity contribution in [3.05, 3.63) is 224 Å². The van der Waals surface area contributed by atoms with E-state index in [1.165, 1.54) is 32.8 Å². The van der Waals surface area contributed by atoms with E-state index < -0.39 is 0 Å². The summed E-state index contributed by atoms with van der Waals surface area (Å²) in [7, 11) is 0. The van der Waals surface area contributed by atoms with Crippen LogP contribution < -0.4 is 4.90 Å². The van der Waals surface area contributed by atoms with Crippen LogP contribution in [0.5, 0.6) is 0 Å². The van der Waals surface area contributed by atoms with E-state index in [0.717, 1.165) is 56.0 Å². The number of anilines is 2. The standard InChI is InChI=1S/C57H47N3/c1-5-41(42-17-7-6-8-18-42)37-40(4)60(56-28-14-13-23-49(56)39(2)3)48-35-33-44(34-36-48)43-29-31-47(32-30-43)57-58-54(52-26-15-21-45-19-9-11-24-50(45)52)38-55(59-57)53-27-16-22-46-20-10-12-25-51(46)53/h5-40H,1H2,2-4H3/b41-37+. The molecule has 9 aromatic rings. The quantitative estimate of drug-likeness (QED) is 0.123. The predicted octanol–water partition coefficient (Wildman–Crippen LogP) is 15.4. The van der Waals surface area contributed by atoms with Crippen molar-refractivity contribution in [2.75, 3.05) is 4.90 Å². The minimum atomic E-state index is 0.0478. The van der Waals surface area contributed by atoms with Crippen LogP contribution >= 0.6 is 0 Å². The monoisotopic (exact) mass is 773 g/mol. The van der Waals surface area contributed by atoms with Gasteiger partial charge in [0.05, 0.1) is 17.4 Å². The molecule has 0 N–H and O–H groups in total. The Morgan fingerprint density at radius 1 is 0.517 bits per heavy atom. The molecule has 1 atom stereocenters. The second-order valence-electron chi connectivity index (χ2n) is 15.7. The van der Waals surface area contributed by atoms with Gasteiger partial charge in [-0.25, -0.2) is 9.97 Å². The van der Waals surface area contributed by atoms with Gasteiger partial charge >= 0.3 is 0 Å². The maximum atomic E-state index is 5.25. The fourth-order valence-corrected chi connectivity index (χ4v) is 8.41. The van der Waals surface area contributed by atoms with E-state index in [0.29, 0.717) is 11.7 Å². The normalized spacial score (nSPS) is 12.2. The second-order valence-corrected chi connectivity index (χ2v) is 15.7. The Bertz CT molecular complexity index is 2870. The third-order valence-electron chi connectivity index (χ3n) is 11.5. The minimum Gasteiger partial charge on any atom is -0.335 e. The highest BCUT2D eigenvalue weighted by molar-refractivity contribution is 5.99. The van der Waals surface area contributed by atoms with E-state index in [-0.39, 0.29) is 6.04 Å². The van der Waals surface area contributed by atoms with Gasteiger partial charge in [0.1, 0.15) is 0 Å². The Morgan fingerprint density at radius 3 is 1.60 bits per heavy atom. The van der Waals surface area contributed by atoms with Crippen molar-refractivity contribution in [3.8, 4) is 45.0 Å². The Balaban J connectivity index is 1.08. The van der Waals surface area contributed by atoms with Gasteiger partial charge in [-0.2, -0.15) is 0 Å². The third kappa shape index (κ3) is 7.66. The summed E-state index contributed by atoms with van der Waals surface area (Å²) in [4.78, 5) is 12.9. The maximum Gasteiger partial charge on any atom is 0.160 e. The van der Waals surface area contributed by atoms with Crippen LogP contribution in [0.3, 0.4) is 0 Å². The van der Waals surface area contributed by atoms with Gasteiger partial charge in [0, 0.05) is 28.1 Å². The van der Waals surface area contributed by atoms with E-state index in [2.05, 4.69) is 232 Å². The highest BCUT2D eigenvalue weighted by Gasteiger charge is 2.21. The topological polar surface area (TPSA) is 29.0 Å². The first kappa shape index (κ1) is 38.2. The first-order valence-corrected chi connectivity index (χ1v) is 20.8. The third-order valence-corrected chi connectivity index (χ3v) is 11.5. The van der Waals surface area contributed by atoms with Crippen LogP contribution in [0.25, 0.3) is 72.1 Å². The van der Waals surface area contributed by atoms with Gasteiger partial charge < -0.3 is 4.90 Å². The molecule has 0 aliphatic heterocycles. The molecule has 0 saturated carbocycles. The summed E-state index contributed by atoms with van der Waals surface area (Å²) in [6, 6.07) is 68.9. The molecule has 0 saturated heterocycles. The first-order chi connectivity index (χ1) is 29.4. The zero-order chi connectivity index (χ0) is 41.0. The average Bonchev–Trinajstić information content (AvgIpc) is 3.31. The lowest BCUT2D eigenvalue weighted by Crippen LogP contribution is -2.28. The largest absolute Gasteiger partial charge is 0.335 e. The van der Waals surface area contributed by atoms with Crippen molar-refractivity contribution in [1.29, 1.82) is 0 Å². The molecule has 0 bridgehead atoms. The molecule has 0 fully saturated rings. The molecule has 290 valence electrons. The summed E-state index contributed by atoms with van der Waals surface area (Å²) >= 11 is 0. The van der Waals surface area contributed by atoms with Gasteiger partial charge in [-0.3, -0.25) is 0 Å². The number of aromatic nitrogens is 2. The van der Waals surface area contributed by atoms with E-state index in [1.54, 1.807) is 0 Å². The number of allylic oxidation sites excluding steroid dienone is 2. The smallest absolute Gasteiger partial charge is 0.160 e. The van der Waals surface area contributed by atoms with Crippen molar-refractivity contribution in [2.45, 2.75) is 32.7 Å². The molecular formula is C57H47N3. The van der Waals surface area contributed by atoms with E-state index in [1.807, 2.05) is 6.08 Å².